The van der Waals surface area contributed by atoms with Crippen LogP contribution in [0.25, 0.3) is 0 Å². The molecule has 0 bridgehead atoms. The zero-order valence-electron chi connectivity index (χ0n) is 3.76. The largest absolute Gasteiger partial charge is 2.00 e. The first kappa shape index (κ1) is 32.2. The van der Waals surface area contributed by atoms with E-state index < -0.39 is 7.82 Å². The molecule has 0 saturated carbocycles. The summed E-state index contributed by atoms with van der Waals surface area (Å²) in [5.41, 5.74) is 0. The summed E-state index contributed by atoms with van der Waals surface area (Å²) in [6.07, 6.45) is 0. The van der Waals surface area contributed by atoms with Gasteiger partial charge >= 0.3 is 34.1 Å². The number of hydrogen-bond acceptors (Lipinski definition) is 5. The molecule has 6 nitrogen and oxygen atoms in total. The zero-order valence-corrected chi connectivity index (χ0v) is 6.94. The van der Waals surface area contributed by atoms with Gasteiger partial charge in [-0.15, -0.1) is 0 Å². The third kappa shape index (κ3) is 397. The van der Waals surface area contributed by atoms with Gasteiger partial charge in [0.1, 0.15) is 0 Å². The summed E-state index contributed by atoms with van der Waals surface area (Å²) < 4.78 is 8.55. The maximum atomic E-state index is 8.55. The molecule has 0 aliphatic rings. The molecule has 0 saturated heterocycles. The van der Waals surface area contributed by atoms with E-state index in [1.165, 1.54) is 0 Å². The first-order chi connectivity index (χ1) is 2.00. The van der Waals surface area contributed by atoms with Crippen molar-refractivity contribution in [2.45, 2.75) is 0 Å². The molecular formula is H3FeMnO6P. The van der Waals surface area contributed by atoms with E-state index in [2.05, 4.69) is 0 Å². The minimum Gasteiger partial charge on any atom is -0.870 e. The van der Waals surface area contributed by atoms with Crippen molar-refractivity contribution in [3.8, 4) is 0 Å². The fourth-order valence-corrected chi connectivity index (χ4v) is 0. The molecule has 0 fully saturated rings. The molecule has 0 rings (SSSR count). The topological polar surface area (TPSA) is 148 Å². The van der Waals surface area contributed by atoms with Crippen molar-refractivity contribution in [1.82, 2.24) is 0 Å². The Labute approximate surface area is 72.5 Å². The van der Waals surface area contributed by atoms with E-state index in [0.717, 1.165) is 0 Å². The average molecular weight is 241 g/mol. The van der Waals surface area contributed by atoms with Gasteiger partial charge < -0.3 is 30.2 Å². The Morgan fingerprint density at radius 2 is 1.11 bits per heavy atom. The van der Waals surface area contributed by atoms with E-state index >= 15 is 0 Å². The molecule has 9 heavy (non-hydrogen) atoms. The molecule has 3 N–H and O–H groups in total. The Morgan fingerprint density at radius 3 is 1.11 bits per heavy atom. The fourth-order valence-electron chi connectivity index (χ4n) is 0. The van der Waals surface area contributed by atoms with Gasteiger partial charge in [-0.05, 0) is 0 Å². The Balaban J connectivity index is -0.0000000133. The summed E-state index contributed by atoms with van der Waals surface area (Å²) in [5.74, 6) is 0. The van der Waals surface area contributed by atoms with Crippen LogP contribution in [0.4, 0.5) is 0 Å². The van der Waals surface area contributed by atoms with Crippen molar-refractivity contribution < 1.29 is 64.3 Å². The van der Waals surface area contributed by atoms with Crippen LogP contribution in [0.3, 0.4) is 0 Å². The first-order valence-electron chi connectivity index (χ1n) is 0.730. The SMILES string of the molecule is O.O=P([O-])([O-])[O-].[Fe+2].[Mn+2].[OH-]. The molecule has 0 aliphatic carbocycles. The van der Waals surface area contributed by atoms with Crippen LogP contribution in [-0.4, -0.2) is 11.0 Å². The van der Waals surface area contributed by atoms with Crippen LogP contribution in [0.5, 0.6) is 0 Å². The predicted molar refractivity (Wildman–Crippen MR) is 13.2 cm³/mol. The minimum absolute atomic E-state index is 0. The second-order valence-electron chi connectivity index (χ2n) is 0.447. The van der Waals surface area contributed by atoms with Crippen molar-refractivity contribution in [2.75, 3.05) is 0 Å². The maximum absolute atomic E-state index is 8.55. The van der Waals surface area contributed by atoms with Gasteiger partial charge in [0.2, 0.25) is 0 Å². The van der Waals surface area contributed by atoms with Gasteiger partial charge in [0.15, 0.2) is 0 Å². The first-order valence-corrected chi connectivity index (χ1v) is 2.19. The van der Waals surface area contributed by atoms with Gasteiger partial charge in [-0.25, -0.2) is 0 Å². The molecule has 0 atom stereocenters. The summed E-state index contributed by atoms with van der Waals surface area (Å²) in [6.45, 7) is 0. The molecule has 0 aliphatic heterocycles. The molecule has 0 aromatic carbocycles. The van der Waals surface area contributed by atoms with Crippen LogP contribution in [0, 0.1) is 0 Å². The molecule has 0 amide bonds. The Hall–Kier alpha value is 1.07. The van der Waals surface area contributed by atoms with E-state index in [-0.39, 0.29) is 45.1 Å². The van der Waals surface area contributed by atoms with E-state index in [9.17, 15) is 0 Å². The number of hydrogen-bond donors (Lipinski definition) is 0. The van der Waals surface area contributed by atoms with Crippen LogP contribution in [0.1, 0.15) is 0 Å². The van der Waals surface area contributed by atoms with Gasteiger partial charge in [-0.2, -0.15) is 7.82 Å². The standard InChI is InChI=1S/Fe.Mn.H3O4P.2H2O/c;;1-5(2,3)4;;/h;;(H3,1,2,3,4);2*1H2/q2*+2;;;/p-4. The van der Waals surface area contributed by atoms with Crippen LogP contribution in [0.15, 0.2) is 0 Å². The minimum atomic E-state index is -5.39. The summed E-state index contributed by atoms with van der Waals surface area (Å²) in [6, 6.07) is 0. The predicted octanol–water partition coefficient (Wildman–Crippen LogP) is -3.83. The summed E-state index contributed by atoms with van der Waals surface area (Å²) in [5, 5.41) is 0. The third-order valence-electron chi connectivity index (χ3n) is 0. The van der Waals surface area contributed by atoms with Crippen LogP contribution in [-0.2, 0) is 38.7 Å². The molecule has 59 valence electrons. The Morgan fingerprint density at radius 1 is 1.11 bits per heavy atom. The van der Waals surface area contributed by atoms with E-state index in [1.807, 2.05) is 0 Å². The van der Waals surface area contributed by atoms with E-state index in [1.54, 1.807) is 0 Å². The van der Waals surface area contributed by atoms with Gasteiger partial charge in [0, 0.05) is 0 Å². The van der Waals surface area contributed by atoms with Crippen molar-refractivity contribution >= 4 is 7.82 Å². The molecule has 0 aromatic rings. The molecule has 0 unspecified atom stereocenters. The van der Waals surface area contributed by atoms with Crippen molar-refractivity contribution in [3.05, 3.63) is 0 Å². The van der Waals surface area contributed by atoms with Crippen LogP contribution >= 0.6 is 7.82 Å². The van der Waals surface area contributed by atoms with Crippen LogP contribution < -0.4 is 14.7 Å². The van der Waals surface area contributed by atoms with Crippen molar-refractivity contribution in [3.63, 3.8) is 0 Å². The molecule has 0 aromatic heterocycles. The number of rotatable bonds is 0. The van der Waals surface area contributed by atoms with E-state index in [0.29, 0.717) is 0 Å². The summed E-state index contributed by atoms with van der Waals surface area (Å²) in [7, 11) is -5.39. The monoisotopic (exact) mass is 241 g/mol. The van der Waals surface area contributed by atoms with Crippen molar-refractivity contribution in [1.29, 1.82) is 0 Å². The van der Waals surface area contributed by atoms with Gasteiger partial charge in [0.25, 0.3) is 0 Å². The van der Waals surface area contributed by atoms with E-state index in [4.69, 9.17) is 19.2 Å². The normalized spacial score (nSPS) is 6.56. The van der Waals surface area contributed by atoms with Gasteiger partial charge in [0.05, 0.1) is 0 Å². The Bertz CT molecular complexity index is 59.2. The smallest absolute Gasteiger partial charge is 0.870 e. The molecule has 1 radical (unpaired) electrons. The van der Waals surface area contributed by atoms with Gasteiger partial charge in [-0.3, -0.25) is 0 Å². The molecule has 9 heteroatoms. The molecule has 0 heterocycles. The molecular weight excluding hydrogens is 238 g/mol. The quantitative estimate of drug-likeness (QED) is 0.314. The summed E-state index contributed by atoms with van der Waals surface area (Å²) >= 11 is 0. The fraction of sp³-hybridized carbons (Fsp3) is 0. The molecule has 0 spiro atoms. The zero-order chi connectivity index (χ0) is 4.50. The summed E-state index contributed by atoms with van der Waals surface area (Å²) in [4.78, 5) is 25.6. The van der Waals surface area contributed by atoms with Gasteiger partial charge in [-0.1, -0.05) is 0 Å². The third-order valence-corrected chi connectivity index (χ3v) is 0. The second-order valence-corrected chi connectivity index (χ2v) is 1.34. The maximum Gasteiger partial charge on any atom is 2.00 e. The number of phosphoric acid groups is 1. The second kappa shape index (κ2) is 11.8. The van der Waals surface area contributed by atoms with Crippen LogP contribution in [0.2, 0.25) is 0 Å². The Kier molecular flexibility index (Phi) is 42.3. The van der Waals surface area contributed by atoms with Crippen molar-refractivity contribution in [2.24, 2.45) is 0 Å². The average Bonchev–Trinajstić information content (AvgIpc) is 0.722.